The number of rotatable bonds is 4. The molecule has 1 aliphatic carbocycles. The normalized spacial score (nSPS) is 26.8. The van der Waals surface area contributed by atoms with Crippen molar-refractivity contribution in [3.05, 3.63) is 28.2 Å². The maximum absolute atomic E-state index is 12.7. The molecule has 1 aliphatic rings. The fourth-order valence-electron chi connectivity index (χ4n) is 2.92. The van der Waals surface area contributed by atoms with Gasteiger partial charge >= 0.3 is 0 Å². The maximum Gasteiger partial charge on any atom is 0.242 e. The Bertz CT molecular complexity index is 621. The Morgan fingerprint density at radius 3 is 2.71 bits per heavy atom. The van der Waals surface area contributed by atoms with Gasteiger partial charge in [0.15, 0.2) is 0 Å². The molecule has 0 heterocycles. The molecule has 1 fully saturated rings. The second-order valence-corrected chi connectivity index (χ2v) is 8.18. The van der Waals surface area contributed by atoms with Gasteiger partial charge in [-0.2, -0.15) is 0 Å². The highest BCUT2D eigenvalue weighted by Crippen LogP contribution is 2.35. The van der Waals surface area contributed by atoms with Crippen molar-refractivity contribution in [3.8, 4) is 0 Å². The lowest BCUT2D eigenvalue weighted by atomic mass is 9.74. The predicted molar refractivity (Wildman–Crippen MR) is 86.2 cm³/mol. The van der Waals surface area contributed by atoms with E-state index in [-0.39, 0.29) is 22.4 Å². The summed E-state index contributed by atoms with van der Waals surface area (Å²) in [5, 5.41) is 0.487. The summed E-state index contributed by atoms with van der Waals surface area (Å²) < 4.78 is 28.1. The zero-order chi connectivity index (χ0) is 15.7. The summed E-state index contributed by atoms with van der Waals surface area (Å²) in [4.78, 5) is 0.00210. The van der Waals surface area contributed by atoms with Gasteiger partial charge in [-0.25, -0.2) is 13.1 Å². The number of nitrogens with one attached hydrogen (secondary N) is 1. The average Bonchev–Trinajstić information content (AvgIpc) is 2.44. The molecule has 0 radical (unpaired) electrons. The zero-order valence-corrected chi connectivity index (χ0v) is 14.2. The molecule has 3 N–H and O–H groups in total. The van der Waals surface area contributed by atoms with Crippen LogP contribution in [0.25, 0.3) is 0 Å². The molecule has 2 unspecified atom stereocenters. The van der Waals surface area contributed by atoms with Crippen LogP contribution in [0.15, 0.2) is 23.1 Å². The van der Waals surface area contributed by atoms with Crippen LogP contribution in [0, 0.1) is 5.92 Å². The van der Waals surface area contributed by atoms with E-state index in [1.807, 2.05) is 6.92 Å². The maximum atomic E-state index is 12.7. The van der Waals surface area contributed by atoms with Crippen molar-refractivity contribution in [2.45, 2.75) is 43.0 Å². The number of hydrogen-bond acceptors (Lipinski definition) is 3. The van der Waals surface area contributed by atoms with Gasteiger partial charge in [-0.15, -0.1) is 0 Å². The summed E-state index contributed by atoms with van der Waals surface area (Å²) in [5.41, 5.74) is 5.29. The van der Waals surface area contributed by atoms with Gasteiger partial charge in [-0.1, -0.05) is 43.0 Å². The number of nitrogens with two attached hydrogens (primary N) is 1. The van der Waals surface area contributed by atoms with Crippen LogP contribution in [0.2, 0.25) is 10.0 Å². The van der Waals surface area contributed by atoms with Gasteiger partial charge < -0.3 is 5.73 Å². The minimum absolute atomic E-state index is 0.00210. The van der Waals surface area contributed by atoms with Gasteiger partial charge in [-0.05, 0) is 37.0 Å². The first-order valence-corrected chi connectivity index (χ1v) is 9.24. The molecule has 0 spiro atoms. The van der Waals surface area contributed by atoms with Crippen molar-refractivity contribution in [2.75, 3.05) is 6.54 Å². The van der Waals surface area contributed by atoms with Crippen LogP contribution in [-0.4, -0.2) is 20.5 Å². The summed E-state index contributed by atoms with van der Waals surface area (Å²) in [6, 6.07) is 4.41. The molecule has 0 amide bonds. The van der Waals surface area contributed by atoms with E-state index in [1.54, 1.807) is 6.07 Å². The van der Waals surface area contributed by atoms with Crippen LogP contribution in [0.4, 0.5) is 0 Å². The number of sulfonamides is 1. The first kappa shape index (κ1) is 17.0. The van der Waals surface area contributed by atoms with E-state index in [2.05, 4.69) is 4.72 Å². The van der Waals surface area contributed by atoms with E-state index in [0.29, 0.717) is 5.02 Å². The fourth-order valence-corrected chi connectivity index (χ4v) is 5.21. The van der Waals surface area contributed by atoms with Gasteiger partial charge in [0.2, 0.25) is 10.0 Å². The Hall–Kier alpha value is -0.330. The Morgan fingerprint density at radius 2 is 2.10 bits per heavy atom. The summed E-state index contributed by atoms with van der Waals surface area (Å²) in [7, 11) is -3.76. The van der Waals surface area contributed by atoms with Gasteiger partial charge in [0.1, 0.15) is 4.90 Å². The molecule has 118 valence electrons. The number of benzene rings is 1. The number of halogens is 2. The van der Waals surface area contributed by atoms with Crippen LogP contribution in [0.1, 0.15) is 32.6 Å². The molecule has 7 heteroatoms. The van der Waals surface area contributed by atoms with E-state index in [0.717, 1.165) is 25.7 Å². The largest absolute Gasteiger partial charge is 0.329 e. The number of hydrogen-bond donors (Lipinski definition) is 2. The lowest BCUT2D eigenvalue weighted by Crippen LogP contribution is -2.58. The van der Waals surface area contributed by atoms with E-state index >= 15 is 0 Å². The summed E-state index contributed by atoms with van der Waals surface area (Å²) in [6.45, 7) is 2.31. The minimum Gasteiger partial charge on any atom is -0.329 e. The third-order valence-corrected chi connectivity index (χ3v) is 6.61. The lowest BCUT2D eigenvalue weighted by Gasteiger charge is -2.42. The molecule has 1 saturated carbocycles. The Morgan fingerprint density at radius 1 is 1.38 bits per heavy atom. The molecule has 4 nitrogen and oxygen atoms in total. The fraction of sp³-hybridized carbons (Fsp3) is 0.571. The second kappa shape index (κ2) is 6.42. The zero-order valence-electron chi connectivity index (χ0n) is 11.9. The molecule has 0 aliphatic heterocycles. The Kier molecular flexibility index (Phi) is 5.21. The smallest absolute Gasteiger partial charge is 0.242 e. The predicted octanol–water partition coefficient (Wildman–Crippen LogP) is 3.18. The van der Waals surface area contributed by atoms with Crippen LogP contribution >= 0.6 is 23.2 Å². The molecule has 0 bridgehead atoms. The van der Waals surface area contributed by atoms with Crippen molar-refractivity contribution >= 4 is 33.2 Å². The molecular formula is C14H20Cl2N2O2S. The SMILES string of the molecule is CC1CCCCC1(CN)NS(=O)(=O)c1cc(Cl)ccc1Cl. The third kappa shape index (κ3) is 3.54. The lowest BCUT2D eigenvalue weighted by molar-refractivity contribution is 0.191. The standard InChI is InChI=1S/C14H20Cl2N2O2S/c1-10-4-2-3-7-14(10,9-17)18-21(19,20)13-8-11(15)5-6-12(13)16/h5-6,8,10,18H,2-4,7,9,17H2,1H3. The van der Waals surface area contributed by atoms with Crippen molar-refractivity contribution in [3.63, 3.8) is 0 Å². The molecule has 1 aromatic carbocycles. The molecule has 21 heavy (non-hydrogen) atoms. The van der Waals surface area contributed by atoms with Crippen molar-refractivity contribution in [1.82, 2.24) is 4.72 Å². The van der Waals surface area contributed by atoms with E-state index < -0.39 is 15.6 Å². The van der Waals surface area contributed by atoms with Crippen molar-refractivity contribution in [2.24, 2.45) is 11.7 Å². The summed E-state index contributed by atoms with van der Waals surface area (Å²) in [6.07, 6.45) is 3.76. The molecule has 0 saturated heterocycles. The van der Waals surface area contributed by atoms with Gasteiger partial charge in [0, 0.05) is 17.1 Å². The first-order valence-electron chi connectivity index (χ1n) is 7.00. The topological polar surface area (TPSA) is 72.2 Å². The summed E-state index contributed by atoms with van der Waals surface area (Å²) >= 11 is 11.9. The highest BCUT2D eigenvalue weighted by atomic mass is 35.5. The van der Waals surface area contributed by atoms with Crippen LogP contribution in [-0.2, 0) is 10.0 Å². The molecule has 2 atom stereocenters. The third-order valence-electron chi connectivity index (χ3n) is 4.34. The van der Waals surface area contributed by atoms with Gasteiger partial charge in [-0.3, -0.25) is 0 Å². The van der Waals surface area contributed by atoms with Crippen molar-refractivity contribution < 1.29 is 8.42 Å². The quantitative estimate of drug-likeness (QED) is 0.875. The summed E-state index contributed by atoms with van der Waals surface area (Å²) in [5.74, 6) is 0.184. The molecule has 0 aromatic heterocycles. The van der Waals surface area contributed by atoms with E-state index in [9.17, 15) is 8.42 Å². The van der Waals surface area contributed by atoms with E-state index in [4.69, 9.17) is 28.9 Å². The molecule has 2 rings (SSSR count). The van der Waals surface area contributed by atoms with Crippen LogP contribution < -0.4 is 10.5 Å². The molecular weight excluding hydrogens is 331 g/mol. The molecule has 1 aromatic rings. The van der Waals surface area contributed by atoms with Crippen LogP contribution in [0.3, 0.4) is 0 Å². The van der Waals surface area contributed by atoms with Crippen molar-refractivity contribution in [1.29, 1.82) is 0 Å². The average molecular weight is 351 g/mol. The Labute approximate surface area is 136 Å². The highest BCUT2D eigenvalue weighted by Gasteiger charge is 2.41. The van der Waals surface area contributed by atoms with Crippen LogP contribution in [0.5, 0.6) is 0 Å². The van der Waals surface area contributed by atoms with Gasteiger partial charge in [0.05, 0.1) is 5.02 Å². The second-order valence-electron chi connectivity index (χ2n) is 5.69. The highest BCUT2D eigenvalue weighted by molar-refractivity contribution is 7.89. The first-order chi connectivity index (χ1) is 9.81. The van der Waals surface area contributed by atoms with Gasteiger partial charge in [0.25, 0.3) is 0 Å². The Balaban J connectivity index is 2.37. The van der Waals surface area contributed by atoms with E-state index in [1.165, 1.54) is 12.1 Å². The monoisotopic (exact) mass is 350 g/mol. The minimum atomic E-state index is -3.76.